The van der Waals surface area contributed by atoms with E-state index in [4.69, 9.17) is 10.1 Å². The number of aliphatic imine (C=N–C) groups is 1. The standard InChI is InChI=1S/C14H26N4O.C9H13N/c1-4-5-13(6-7-16-3)14(17-12(2)15)18-8-10-19-11-9-18;1-10(2)8-9-6-4-3-5-7-9/h5,15-16H,4,6-11H2,1-3H3;3-7H,8H2,1-2H3/b13-5+,15-12?,17-14?;. The molecule has 0 spiro atoms. The highest BCUT2D eigenvalue weighted by Gasteiger charge is 2.18. The summed E-state index contributed by atoms with van der Waals surface area (Å²) in [6.45, 7) is 8.99. The SMILES string of the molecule is CC/C=C(\CCNC)C(=NC(C)=N)N1CCOCC1.CN(C)Cc1ccccc1. The van der Waals surface area contributed by atoms with Gasteiger partial charge in [-0.15, -0.1) is 0 Å². The Kier molecular flexibility index (Phi) is 12.9. The van der Waals surface area contributed by atoms with Crippen molar-refractivity contribution in [3.8, 4) is 0 Å². The van der Waals surface area contributed by atoms with Gasteiger partial charge in [-0.2, -0.15) is 0 Å². The summed E-state index contributed by atoms with van der Waals surface area (Å²) in [5.74, 6) is 1.31. The molecule has 1 saturated heterocycles. The van der Waals surface area contributed by atoms with Crippen LogP contribution in [0, 0.1) is 5.41 Å². The van der Waals surface area contributed by atoms with Crippen molar-refractivity contribution in [1.29, 1.82) is 5.41 Å². The molecular weight excluding hydrogens is 362 g/mol. The number of nitrogens with zero attached hydrogens (tertiary/aromatic N) is 3. The zero-order valence-corrected chi connectivity index (χ0v) is 18.9. The number of benzene rings is 1. The predicted octanol–water partition coefficient (Wildman–Crippen LogP) is 3.41. The van der Waals surface area contributed by atoms with Gasteiger partial charge in [-0.3, -0.25) is 5.41 Å². The molecule has 2 rings (SSSR count). The third-order valence-corrected chi connectivity index (χ3v) is 4.31. The van der Waals surface area contributed by atoms with E-state index >= 15 is 0 Å². The van der Waals surface area contributed by atoms with Crippen molar-refractivity contribution < 1.29 is 4.74 Å². The van der Waals surface area contributed by atoms with Crippen LogP contribution in [0.25, 0.3) is 0 Å². The van der Waals surface area contributed by atoms with Gasteiger partial charge in [-0.25, -0.2) is 4.99 Å². The Morgan fingerprint density at radius 3 is 2.41 bits per heavy atom. The summed E-state index contributed by atoms with van der Waals surface area (Å²) in [4.78, 5) is 8.84. The quantitative estimate of drug-likeness (QED) is 0.543. The summed E-state index contributed by atoms with van der Waals surface area (Å²) in [7, 11) is 6.11. The van der Waals surface area contributed by atoms with Gasteiger partial charge < -0.3 is 19.9 Å². The highest BCUT2D eigenvalue weighted by atomic mass is 16.5. The molecule has 0 atom stereocenters. The monoisotopic (exact) mass is 401 g/mol. The molecule has 1 aromatic rings. The lowest BCUT2D eigenvalue weighted by atomic mass is 10.1. The van der Waals surface area contributed by atoms with Crippen LogP contribution in [0.3, 0.4) is 0 Å². The van der Waals surface area contributed by atoms with Crippen LogP contribution in [0.15, 0.2) is 47.0 Å². The molecule has 162 valence electrons. The number of allylic oxidation sites excluding steroid dienone is 1. The largest absolute Gasteiger partial charge is 0.378 e. The molecule has 1 aliphatic heterocycles. The van der Waals surface area contributed by atoms with Crippen molar-refractivity contribution in [3.05, 3.63) is 47.5 Å². The van der Waals surface area contributed by atoms with E-state index in [0.29, 0.717) is 5.84 Å². The molecule has 1 aromatic carbocycles. The zero-order chi connectivity index (χ0) is 21.5. The second kappa shape index (κ2) is 14.9. The molecule has 6 heteroatoms. The van der Waals surface area contributed by atoms with Crippen LogP contribution in [0.2, 0.25) is 0 Å². The maximum absolute atomic E-state index is 7.66. The number of hydrogen-bond donors (Lipinski definition) is 2. The van der Waals surface area contributed by atoms with Crippen LogP contribution in [0.1, 0.15) is 32.3 Å². The van der Waals surface area contributed by atoms with E-state index in [1.165, 1.54) is 11.1 Å². The van der Waals surface area contributed by atoms with Gasteiger partial charge >= 0.3 is 0 Å². The molecule has 0 unspecified atom stereocenters. The van der Waals surface area contributed by atoms with E-state index in [1.807, 2.05) is 13.1 Å². The summed E-state index contributed by atoms with van der Waals surface area (Å²) >= 11 is 0. The molecule has 0 aliphatic carbocycles. The summed E-state index contributed by atoms with van der Waals surface area (Å²) in [6, 6.07) is 10.5. The number of ether oxygens (including phenoxy) is 1. The highest BCUT2D eigenvalue weighted by molar-refractivity contribution is 6.04. The molecular formula is C23H39N5O. The van der Waals surface area contributed by atoms with Crippen molar-refractivity contribution in [2.24, 2.45) is 4.99 Å². The number of rotatable bonds is 7. The molecule has 1 fully saturated rings. The lowest BCUT2D eigenvalue weighted by Crippen LogP contribution is -2.42. The average molecular weight is 402 g/mol. The maximum atomic E-state index is 7.66. The Morgan fingerprint density at radius 1 is 1.24 bits per heavy atom. The normalized spacial score (nSPS) is 15.2. The first-order chi connectivity index (χ1) is 14.0. The van der Waals surface area contributed by atoms with Crippen LogP contribution in [-0.4, -0.2) is 75.5 Å². The van der Waals surface area contributed by atoms with E-state index in [0.717, 1.165) is 58.1 Å². The second-order valence-corrected chi connectivity index (χ2v) is 7.33. The fourth-order valence-corrected chi connectivity index (χ4v) is 3.04. The predicted molar refractivity (Wildman–Crippen MR) is 124 cm³/mol. The zero-order valence-electron chi connectivity index (χ0n) is 18.9. The molecule has 1 heterocycles. The summed E-state index contributed by atoms with van der Waals surface area (Å²) in [5, 5.41) is 10.8. The first-order valence-electron chi connectivity index (χ1n) is 10.5. The molecule has 0 aromatic heterocycles. The van der Waals surface area contributed by atoms with Gasteiger partial charge in [0, 0.05) is 19.6 Å². The summed E-state index contributed by atoms with van der Waals surface area (Å²) in [5.41, 5.74) is 2.60. The van der Waals surface area contributed by atoms with Gasteiger partial charge in [-0.05, 0) is 58.6 Å². The highest BCUT2D eigenvalue weighted by Crippen LogP contribution is 2.12. The summed E-state index contributed by atoms with van der Waals surface area (Å²) < 4.78 is 5.39. The topological polar surface area (TPSA) is 64.0 Å². The van der Waals surface area contributed by atoms with Gasteiger partial charge in [0.15, 0.2) is 0 Å². The van der Waals surface area contributed by atoms with Gasteiger partial charge in [0.2, 0.25) is 0 Å². The fraction of sp³-hybridized carbons (Fsp3) is 0.565. The fourth-order valence-electron chi connectivity index (χ4n) is 3.04. The minimum Gasteiger partial charge on any atom is -0.378 e. The number of nitrogens with one attached hydrogen (secondary N) is 2. The van der Waals surface area contributed by atoms with Crippen molar-refractivity contribution in [1.82, 2.24) is 15.1 Å². The van der Waals surface area contributed by atoms with E-state index in [1.54, 1.807) is 6.92 Å². The van der Waals surface area contributed by atoms with E-state index in [9.17, 15) is 0 Å². The number of amidine groups is 2. The van der Waals surface area contributed by atoms with E-state index in [-0.39, 0.29) is 0 Å². The van der Waals surface area contributed by atoms with Crippen LogP contribution in [0.4, 0.5) is 0 Å². The van der Waals surface area contributed by atoms with Crippen molar-refractivity contribution in [2.45, 2.75) is 33.2 Å². The Morgan fingerprint density at radius 2 is 1.90 bits per heavy atom. The Balaban J connectivity index is 0.000000352. The van der Waals surface area contributed by atoms with Gasteiger partial charge in [0.1, 0.15) is 11.7 Å². The minimum absolute atomic E-state index is 0.355. The number of morpholine rings is 1. The second-order valence-electron chi connectivity index (χ2n) is 7.33. The van der Waals surface area contributed by atoms with Crippen LogP contribution < -0.4 is 5.32 Å². The third kappa shape index (κ3) is 10.9. The Hall–Kier alpha value is -2.02. The third-order valence-electron chi connectivity index (χ3n) is 4.31. The first kappa shape index (κ1) is 25.0. The molecule has 1 aliphatic rings. The molecule has 0 saturated carbocycles. The Bertz CT molecular complexity index is 634. The van der Waals surface area contributed by atoms with E-state index < -0.39 is 0 Å². The van der Waals surface area contributed by atoms with E-state index in [2.05, 4.69) is 71.5 Å². The van der Waals surface area contributed by atoms with Crippen molar-refractivity contribution >= 4 is 11.7 Å². The van der Waals surface area contributed by atoms with Gasteiger partial charge in [0.05, 0.1) is 13.2 Å². The molecule has 29 heavy (non-hydrogen) atoms. The molecule has 0 radical (unpaired) electrons. The average Bonchev–Trinajstić information content (AvgIpc) is 2.71. The van der Waals surface area contributed by atoms with Crippen molar-refractivity contribution in [2.75, 3.05) is 54.0 Å². The lowest BCUT2D eigenvalue weighted by Gasteiger charge is -2.31. The molecule has 2 N–H and O–H groups in total. The summed E-state index contributed by atoms with van der Waals surface area (Å²) in [6.07, 6.45) is 4.14. The lowest BCUT2D eigenvalue weighted by molar-refractivity contribution is 0.0682. The smallest absolute Gasteiger partial charge is 0.133 e. The van der Waals surface area contributed by atoms with Crippen LogP contribution in [-0.2, 0) is 11.3 Å². The molecule has 6 nitrogen and oxygen atoms in total. The number of hydrogen-bond acceptors (Lipinski definition) is 4. The maximum Gasteiger partial charge on any atom is 0.133 e. The molecule has 0 amide bonds. The van der Waals surface area contributed by atoms with Crippen LogP contribution >= 0.6 is 0 Å². The first-order valence-corrected chi connectivity index (χ1v) is 10.5. The molecule has 0 bridgehead atoms. The van der Waals surface area contributed by atoms with Gasteiger partial charge in [-0.1, -0.05) is 43.3 Å². The Labute approximate surface area is 177 Å². The van der Waals surface area contributed by atoms with Crippen molar-refractivity contribution in [3.63, 3.8) is 0 Å². The van der Waals surface area contributed by atoms with Gasteiger partial charge in [0.25, 0.3) is 0 Å². The van der Waals surface area contributed by atoms with Crippen LogP contribution in [0.5, 0.6) is 0 Å². The minimum atomic E-state index is 0.355.